The molecule has 3 rings (SSSR count). The molecule has 5 nitrogen and oxygen atoms in total. The molecular formula is C18H16ClN3O2. The van der Waals surface area contributed by atoms with E-state index in [1.807, 2.05) is 37.3 Å². The Balaban J connectivity index is 1.83. The topological polar surface area (TPSA) is 56.3 Å². The van der Waals surface area contributed by atoms with Gasteiger partial charge in [0.05, 0.1) is 12.1 Å². The van der Waals surface area contributed by atoms with Gasteiger partial charge in [-0.3, -0.25) is 0 Å². The number of rotatable bonds is 5. The van der Waals surface area contributed by atoms with Gasteiger partial charge in [-0.25, -0.2) is 4.98 Å². The van der Waals surface area contributed by atoms with Gasteiger partial charge in [0.2, 0.25) is 11.8 Å². The largest absolute Gasteiger partial charge is 0.481 e. The van der Waals surface area contributed by atoms with Crippen LogP contribution in [0.25, 0.3) is 0 Å². The molecule has 0 bridgehead atoms. The maximum atomic E-state index is 6.23. The fourth-order valence-electron chi connectivity index (χ4n) is 2.11. The second-order valence-electron chi connectivity index (χ2n) is 5.11. The van der Waals surface area contributed by atoms with Gasteiger partial charge in [-0.1, -0.05) is 23.7 Å². The van der Waals surface area contributed by atoms with Crippen LogP contribution >= 0.6 is 11.6 Å². The lowest BCUT2D eigenvalue weighted by molar-refractivity contribution is 0.397. The second-order valence-corrected chi connectivity index (χ2v) is 5.52. The number of benzene rings is 2. The van der Waals surface area contributed by atoms with Crippen molar-refractivity contribution in [1.82, 2.24) is 9.97 Å². The van der Waals surface area contributed by atoms with Gasteiger partial charge in [-0.15, -0.1) is 0 Å². The molecule has 3 aromatic rings. The van der Waals surface area contributed by atoms with Crippen molar-refractivity contribution in [3.8, 4) is 17.4 Å². The average molecular weight is 342 g/mol. The molecular weight excluding hydrogens is 326 g/mol. The molecule has 2 aromatic carbocycles. The highest BCUT2D eigenvalue weighted by molar-refractivity contribution is 6.32. The van der Waals surface area contributed by atoms with Crippen molar-refractivity contribution >= 4 is 23.2 Å². The molecule has 0 amide bonds. The van der Waals surface area contributed by atoms with E-state index in [4.69, 9.17) is 21.1 Å². The first-order valence-corrected chi connectivity index (χ1v) is 7.70. The fraction of sp³-hybridized carbons (Fsp3) is 0.111. The van der Waals surface area contributed by atoms with Gasteiger partial charge in [0, 0.05) is 24.0 Å². The summed E-state index contributed by atoms with van der Waals surface area (Å²) in [5, 5.41) is 3.62. The van der Waals surface area contributed by atoms with E-state index >= 15 is 0 Å². The summed E-state index contributed by atoms with van der Waals surface area (Å²) in [6.45, 7) is 2.01. The van der Waals surface area contributed by atoms with E-state index in [0.717, 1.165) is 17.0 Å². The van der Waals surface area contributed by atoms with Crippen molar-refractivity contribution in [3.63, 3.8) is 0 Å². The van der Waals surface area contributed by atoms with Gasteiger partial charge >= 0.3 is 0 Å². The van der Waals surface area contributed by atoms with Gasteiger partial charge < -0.3 is 14.8 Å². The minimum atomic E-state index is 0.429. The van der Waals surface area contributed by atoms with Gasteiger partial charge in [0.15, 0.2) is 0 Å². The van der Waals surface area contributed by atoms with Crippen LogP contribution in [-0.4, -0.2) is 17.1 Å². The molecule has 1 aromatic heterocycles. The molecule has 0 aliphatic rings. The monoisotopic (exact) mass is 341 g/mol. The molecule has 1 heterocycles. The van der Waals surface area contributed by atoms with E-state index in [1.54, 1.807) is 31.5 Å². The third kappa shape index (κ3) is 3.94. The first-order valence-electron chi connectivity index (χ1n) is 7.32. The average Bonchev–Trinajstić information content (AvgIpc) is 2.58. The Bertz CT molecular complexity index is 855. The number of nitrogens with one attached hydrogen (secondary N) is 1. The summed E-state index contributed by atoms with van der Waals surface area (Å²) < 4.78 is 11.0. The van der Waals surface area contributed by atoms with Crippen LogP contribution in [0, 0.1) is 6.92 Å². The van der Waals surface area contributed by atoms with Crippen LogP contribution in [-0.2, 0) is 0 Å². The van der Waals surface area contributed by atoms with Crippen LogP contribution in [0.1, 0.15) is 5.56 Å². The molecule has 0 fully saturated rings. The Labute approximate surface area is 145 Å². The Hall–Kier alpha value is -2.79. The van der Waals surface area contributed by atoms with Crippen LogP contribution in [0.3, 0.4) is 0 Å². The lowest BCUT2D eigenvalue weighted by Crippen LogP contribution is -1.98. The molecule has 122 valence electrons. The lowest BCUT2D eigenvalue weighted by atomic mass is 10.2. The highest BCUT2D eigenvalue weighted by atomic mass is 35.5. The number of methoxy groups -OCH3 is 1. The fourth-order valence-corrected chi connectivity index (χ4v) is 2.27. The maximum Gasteiger partial charge on any atom is 0.230 e. The number of hydrogen-bond donors (Lipinski definition) is 1. The van der Waals surface area contributed by atoms with E-state index < -0.39 is 0 Å². The molecule has 0 spiro atoms. The second kappa shape index (κ2) is 7.19. The highest BCUT2D eigenvalue weighted by Crippen LogP contribution is 2.33. The van der Waals surface area contributed by atoms with Crippen LogP contribution in [0.5, 0.6) is 17.4 Å². The van der Waals surface area contributed by atoms with Crippen molar-refractivity contribution in [3.05, 3.63) is 65.3 Å². The summed E-state index contributed by atoms with van der Waals surface area (Å²) in [6.07, 6.45) is 1.62. The molecule has 0 saturated heterocycles. The first-order chi connectivity index (χ1) is 11.6. The van der Waals surface area contributed by atoms with Gasteiger partial charge in [-0.05, 0) is 36.8 Å². The Morgan fingerprint density at radius 3 is 2.75 bits per heavy atom. The molecule has 0 saturated carbocycles. The molecule has 0 aliphatic heterocycles. The smallest absolute Gasteiger partial charge is 0.230 e. The van der Waals surface area contributed by atoms with Gasteiger partial charge in [-0.2, -0.15) is 4.98 Å². The maximum absolute atomic E-state index is 6.23. The Morgan fingerprint density at radius 1 is 1.08 bits per heavy atom. The number of aromatic nitrogens is 2. The number of nitrogens with zero attached hydrogens (tertiary/aromatic N) is 2. The van der Waals surface area contributed by atoms with Crippen molar-refractivity contribution in [1.29, 1.82) is 0 Å². The number of ether oxygens (including phenoxy) is 2. The normalized spacial score (nSPS) is 10.3. The zero-order valence-electron chi connectivity index (χ0n) is 13.3. The van der Waals surface area contributed by atoms with Crippen molar-refractivity contribution in [2.75, 3.05) is 12.4 Å². The van der Waals surface area contributed by atoms with Crippen molar-refractivity contribution in [2.45, 2.75) is 6.92 Å². The van der Waals surface area contributed by atoms with E-state index in [9.17, 15) is 0 Å². The predicted octanol–water partition coefficient (Wildman–Crippen LogP) is 4.98. The highest BCUT2D eigenvalue weighted by Gasteiger charge is 2.07. The van der Waals surface area contributed by atoms with Gasteiger partial charge in [0.1, 0.15) is 11.5 Å². The Morgan fingerprint density at radius 2 is 1.96 bits per heavy atom. The quantitative estimate of drug-likeness (QED) is 0.709. The molecule has 0 unspecified atom stereocenters. The number of halogens is 1. The number of aryl methyl sites for hydroxylation is 1. The summed E-state index contributed by atoms with van der Waals surface area (Å²) in [4.78, 5) is 8.37. The molecule has 0 atom stereocenters. The van der Waals surface area contributed by atoms with Crippen LogP contribution in [0.4, 0.5) is 11.6 Å². The first kappa shape index (κ1) is 16.1. The summed E-state index contributed by atoms with van der Waals surface area (Å²) in [5.41, 5.74) is 1.87. The third-order valence-electron chi connectivity index (χ3n) is 3.24. The molecule has 1 N–H and O–H groups in total. The lowest BCUT2D eigenvalue weighted by Gasteiger charge is -2.11. The van der Waals surface area contributed by atoms with E-state index in [2.05, 4.69) is 15.3 Å². The summed E-state index contributed by atoms with van der Waals surface area (Å²) in [6, 6.07) is 14.8. The minimum Gasteiger partial charge on any atom is -0.481 e. The SMILES string of the molecule is COc1ccnc(Nc2ccc(Cl)c(Oc3cccc(C)c3)c2)n1. The molecule has 0 aliphatic carbocycles. The zero-order valence-corrected chi connectivity index (χ0v) is 14.0. The Kier molecular flexibility index (Phi) is 4.82. The zero-order chi connectivity index (χ0) is 16.9. The van der Waals surface area contributed by atoms with E-state index in [1.165, 1.54) is 0 Å². The van der Waals surface area contributed by atoms with Crippen molar-refractivity contribution < 1.29 is 9.47 Å². The standard InChI is InChI=1S/C18H16ClN3O2/c1-12-4-3-5-14(10-12)24-16-11-13(6-7-15(16)19)21-18-20-9-8-17(22-18)23-2/h3-11H,1-2H3,(H,20,21,22). The van der Waals surface area contributed by atoms with Gasteiger partial charge in [0.25, 0.3) is 0 Å². The van der Waals surface area contributed by atoms with Crippen LogP contribution in [0.15, 0.2) is 54.7 Å². The van der Waals surface area contributed by atoms with Crippen LogP contribution in [0.2, 0.25) is 5.02 Å². The van der Waals surface area contributed by atoms with E-state index in [0.29, 0.717) is 22.6 Å². The predicted molar refractivity (Wildman–Crippen MR) is 94.6 cm³/mol. The van der Waals surface area contributed by atoms with E-state index in [-0.39, 0.29) is 0 Å². The van der Waals surface area contributed by atoms with Crippen LogP contribution < -0.4 is 14.8 Å². The summed E-state index contributed by atoms with van der Waals surface area (Å²) >= 11 is 6.23. The van der Waals surface area contributed by atoms with Crippen molar-refractivity contribution in [2.24, 2.45) is 0 Å². The molecule has 6 heteroatoms. The minimum absolute atomic E-state index is 0.429. The summed E-state index contributed by atoms with van der Waals surface area (Å²) in [7, 11) is 1.56. The summed E-state index contributed by atoms with van der Waals surface area (Å²) in [5.74, 6) is 2.19. The molecule has 24 heavy (non-hydrogen) atoms. The third-order valence-corrected chi connectivity index (χ3v) is 3.56. The number of hydrogen-bond acceptors (Lipinski definition) is 5. The number of anilines is 2. The molecule has 0 radical (unpaired) electrons.